The number of thiophene rings is 1. The van der Waals surface area contributed by atoms with Crippen LogP contribution in [0.4, 0.5) is 13.2 Å². The van der Waals surface area contributed by atoms with Gasteiger partial charge in [0.2, 0.25) is 0 Å². The molecule has 0 amide bonds. The first-order valence-corrected chi connectivity index (χ1v) is 5.46. The smallest absolute Gasteiger partial charge is 0.161 e. The Morgan fingerprint density at radius 3 is 2.38 bits per heavy atom. The number of hydrogen-bond donors (Lipinski definition) is 1. The molecule has 1 aromatic carbocycles. The Bertz CT molecular complexity index is 496. The van der Waals surface area contributed by atoms with E-state index < -0.39 is 23.5 Å². The molecule has 1 heterocycles. The minimum absolute atomic E-state index is 0.0442. The first-order chi connectivity index (χ1) is 7.59. The molecule has 0 fully saturated rings. The predicted octanol–water partition coefficient (Wildman–Crippen LogP) is 3.21. The summed E-state index contributed by atoms with van der Waals surface area (Å²) in [6.45, 7) is 0. The summed E-state index contributed by atoms with van der Waals surface area (Å²) in [5, 5.41) is 3.53. The van der Waals surface area contributed by atoms with E-state index in [-0.39, 0.29) is 5.56 Å². The summed E-state index contributed by atoms with van der Waals surface area (Å²) in [7, 11) is 0. The Labute approximate surface area is 94.3 Å². The van der Waals surface area contributed by atoms with Crippen molar-refractivity contribution < 1.29 is 13.2 Å². The highest BCUT2D eigenvalue weighted by atomic mass is 32.1. The van der Waals surface area contributed by atoms with Crippen molar-refractivity contribution in [2.24, 2.45) is 5.73 Å². The maximum atomic E-state index is 13.4. The van der Waals surface area contributed by atoms with Gasteiger partial charge in [0.15, 0.2) is 11.6 Å². The van der Waals surface area contributed by atoms with Gasteiger partial charge in [-0.3, -0.25) is 0 Å². The molecule has 0 bridgehead atoms. The molecule has 1 nitrogen and oxygen atoms in total. The lowest BCUT2D eigenvalue weighted by Gasteiger charge is -2.11. The lowest BCUT2D eigenvalue weighted by molar-refractivity contribution is 0.488. The molecular formula is C11H8F3NS. The fourth-order valence-electron chi connectivity index (χ4n) is 1.41. The zero-order chi connectivity index (χ0) is 11.7. The summed E-state index contributed by atoms with van der Waals surface area (Å²) in [5.74, 6) is -3.14. The highest BCUT2D eigenvalue weighted by Crippen LogP contribution is 2.25. The van der Waals surface area contributed by atoms with Crippen LogP contribution in [0, 0.1) is 17.5 Å². The molecule has 84 valence electrons. The largest absolute Gasteiger partial charge is 0.320 e. The van der Waals surface area contributed by atoms with Gasteiger partial charge < -0.3 is 5.73 Å². The average Bonchev–Trinajstić information content (AvgIpc) is 2.75. The SMILES string of the molecule is NC(c1ccsc1)c1cc(F)c(F)cc1F. The molecule has 16 heavy (non-hydrogen) atoms. The molecule has 1 unspecified atom stereocenters. The second-order valence-electron chi connectivity index (χ2n) is 3.32. The zero-order valence-electron chi connectivity index (χ0n) is 8.08. The van der Waals surface area contributed by atoms with Crippen molar-refractivity contribution in [2.75, 3.05) is 0 Å². The van der Waals surface area contributed by atoms with Gasteiger partial charge in [-0.2, -0.15) is 11.3 Å². The van der Waals surface area contributed by atoms with Gasteiger partial charge in [-0.1, -0.05) is 0 Å². The normalized spacial score (nSPS) is 12.8. The maximum absolute atomic E-state index is 13.4. The van der Waals surface area contributed by atoms with E-state index >= 15 is 0 Å². The molecule has 2 rings (SSSR count). The molecule has 0 radical (unpaired) electrons. The van der Waals surface area contributed by atoms with Crippen LogP contribution in [0.5, 0.6) is 0 Å². The molecule has 0 aliphatic rings. The molecule has 0 spiro atoms. The predicted molar refractivity (Wildman–Crippen MR) is 56.7 cm³/mol. The Balaban J connectivity index is 2.44. The molecule has 1 aromatic heterocycles. The Hall–Kier alpha value is -1.33. The second-order valence-corrected chi connectivity index (χ2v) is 4.10. The lowest BCUT2D eigenvalue weighted by Crippen LogP contribution is -2.13. The summed E-state index contributed by atoms with van der Waals surface area (Å²) in [5.41, 5.74) is 6.39. The van der Waals surface area contributed by atoms with E-state index in [1.165, 1.54) is 11.3 Å². The molecule has 5 heteroatoms. The summed E-state index contributed by atoms with van der Waals surface area (Å²) in [4.78, 5) is 0. The highest BCUT2D eigenvalue weighted by molar-refractivity contribution is 7.08. The molecule has 0 saturated carbocycles. The van der Waals surface area contributed by atoms with E-state index in [1.807, 2.05) is 0 Å². The van der Waals surface area contributed by atoms with Crippen molar-refractivity contribution in [1.29, 1.82) is 0 Å². The third-order valence-electron chi connectivity index (χ3n) is 2.28. The summed E-state index contributed by atoms with van der Waals surface area (Å²) in [6.07, 6.45) is 0. The molecule has 1 atom stereocenters. The minimum atomic E-state index is -1.21. The van der Waals surface area contributed by atoms with E-state index in [1.54, 1.807) is 16.8 Å². The van der Waals surface area contributed by atoms with Crippen LogP contribution in [-0.2, 0) is 0 Å². The van der Waals surface area contributed by atoms with Crippen molar-refractivity contribution >= 4 is 11.3 Å². The number of rotatable bonds is 2. The van der Waals surface area contributed by atoms with Crippen molar-refractivity contribution in [3.8, 4) is 0 Å². The van der Waals surface area contributed by atoms with Crippen LogP contribution in [0.1, 0.15) is 17.2 Å². The molecule has 0 aliphatic carbocycles. The maximum Gasteiger partial charge on any atom is 0.161 e. The average molecular weight is 243 g/mol. The fraction of sp³-hybridized carbons (Fsp3) is 0.0909. The topological polar surface area (TPSA) is 26.0 Å². The first-order valence-electron chi connectivity index (χ1n) is 4.51. The van der Waals surface area contributed by atoms with Gasteiger partial charge in [0.05, 0.1) is 6.04 Å². The van der Waals surface area contributed by atoms with Crippen LogP contribution in [0.15, 0.2) is 29.0 Å². The summed E-state index contributed by atoms with van der Waals surface area (Å²) in [6, 6.07) is 2.25. The fourth-order valence-corrected chi connectivity index (χ4v) is 2.10. The highest BCUT2D eigenvalue weighted by Gasteiger charge is 2.17. The molecular weight excluding hydrogens is 235 g/mol. The monoisotopic (exact) mass is 243 g/mol. The number of nitrogens with two attached hydrogens (primary N) is 1. The van der Waals surface area contributed by atoms with Gasteiger partial charge >= 0.3 is 0 Å². The van der Waals surface area contributed by atoms with E-state index in [0.717, 1.165) is 6.07 Å². The quantitative estimate of drug-likeness (QED) is 0.805. The lowest BCUT2D eigenvalue weighted by atomic mass is 10.0. The van der Waals surface area contributed by atoms with Crippen molar-refractivity contribution in [3.63, 3.8) is 0 Å². The van der Waals surface area contributed by atoms with Gasteiger partial charge in [-0.05, 0) is 28.5 Å². The van der Waals surface area contributed by atoms with Crippen molar-refractivity contribution in [3.05, 3.63) is 57.5 Å². The minimum Gasteiger partial charge on any atom is -0.320 e. The third-order valence-corrected chi connectivity index (χ3v) is 2.98. The van der Waals surface area contributed by atoms with Crippen LogP contribution >= 0.6 is 11.3 Å². The van der Waals surface area contributed by atoms with Gasteiger partial charge in [-0.25, -0.2) is 13.2 Å². The van der Waals surface area contributed by atoms with Crippen molar-refractivity contribution in [2.45, 2.75) is 6.04 Å². The Kier molecular flexibility index (Phi) is 2.98. The Morgan fingerprint density at radius 2 is 1.75 bits per heavy atom. The number of benzene rings is 1. The summed E-state index contributed by atoms with van der Waals surface area (Å²) >= 11 is 1.41. The van der Waals surface area contributed by atoms with Crippen LogP contribution in [0.2, 0.25) is 0 Å². The third kappa shape index (κ3) is 1.96. The summed E-state index contributed by atoms with van der Waals surface area (Å²) < 4.78 is 39.1. The van der Waals surface area contributed by atoms with Crippen LogP contribution in [0.25, 0.3) is 0 Å². The van der Waals surface area contributed by atoms with E-state index in [9.17, 15) is 13.2 Å². The Morgan fingerprint density at radius 1 is 1.06 bits per heavy atom. The van der Waals surface area contributed by atoms with Crippen molar-refractivity contribution in [1.82, 2.24) is 0 Å². The van der Waals surface area contributed by atoms with E-state index in [4.69, 9.17) is 5.73 Å². The van der Waals surface area contributed by atoms with Gasteiger partial charge in [0.1, 0.15) is 5.82 Å². The van der Waals surface area contributed by atoms with Crippen LogP contribution in [0.3, 0.4) is 0 Å². The molecule has 0 saturated heterocycles. The van der Waals surface area contributed by atoms with Gasteiger partial charge in [-0.15, -0.1) is 0 Å². The van der Waals surface area contributed by atoms with E-state index in [0.29, 0.717) is 11.6 Å². The number of halogens is 3. The standard InChI is InChI=1S/C11H8F3NS/c12-8-4-10(14)9(13)3-7(8)11(15)6-1-2-16-5-6/h1-5,11H,15H2. The van der Waals surface area contributed by atoms with Crippen LogP contribution in [-0.4, -0.2) is 0 Å². The number of hydrogen-bond acceptors (Lipinski definition) is 2. The molecule has 0 aliphatic heterocycles. The van der Waals surface area contributed by atoms with Gasteiger partial charge in [0.25, 0.3) is 0 Å². The first kappa shape index (κ1) is 11.2. The van der Waals surface area contributed by atoms with E-state index in [2.05, 4.69) is 0 Å². The molecule has 2 aromatic rings. The second kappa shape index (κ2) is 4.27. The molecule has 2 N–H and O–H groups in total. The zero-order valence-corrected chi connectivity index (χ0v) is 8.90. The van der Waals surface area contributed by atoms with Gasteiger partial charge in [0, 0.05) is 11.6 Å². The van der Waals surface area contributed by atoms with Crippen LogP contribution < -0.4 is 5.73 Å².